The summed E-state index contributed by atoms with van der Waals surface area (Å²) in [5.74, 6) is 1.50. The van der Waals surface area contributed by atoms with Crippen LogP contribution in [0.2, 0.25) is 0 Å². The highest BCUT2D eigenvalue weighted by Crippen LogP contribution is 2.26. The Morgan fingerprint density at radius 3 is 2.58 bits per heavy atom. The number of nitrogens with zero attached hydrogens (tertiary/aromatic N) is 3. The van der Waals surface area contributed by atoms with Crippen LogP contribution >= 0.6 is 0 Å². The van der Waals surface area contributed by atoms with Crippen LogP contribution in [0.15, 0.2) is 0 Å². The van der Waals surface area contributed by atoms with Gasteiger partial charge in [0.05, 0.1) is 24.5 Å². The Hall–Kier alpha value is -1.71. The Balaban J connectivity index is 2.09. The zero-order valence-corrected chi connectivity index (χ0v) is 16.8. The minimum Gasteiger partial charge on any atom is -0.382 e. The summed E-state index contributed by atoms with van der Waals surface area (Å²) in [5.41, 5.74) is 9.79. The monoisotopic (exact) mass is 383 g/mol. The smallest absolute Gasteiger partial charge is 0.211 e. The Bertz CT molecular complexity index is 861. The van der Waals surface area contributed by atoms with Gasteiger partial charge in [0.2, 0.25) is 10.0 Å². The molecule has 0 aliphatic carbocycles. The van der Waals surface area contributed by atoms with Gasteiger partial charge in [-0.3, -0.25) is 0 Å². The van der Waals surface area contributed by atoms with Crippen LogP contribution in [-0.2, 0) is 27.7 Å². The molecule has 0 saturated carbocycles. The van der Waals surface area contributed by atoms with Crippen LogP contribution in [0, 0.1) is 13.8 Å². The maximum absolute atomic E-state index is 11.4. The maximum Gasteiger partial charge on any atom is 0.211 e. The van der Waals surface area contributed by atoms with Crippen molar-refractivity contribution < 1.29 is 13.2 Å². The second-order valence-corrected chi connectivity index (χ2v) is 8.34. The molecule has 0 amide bonds. The molecular formula is C17H29N5O3S. The molecule has 0 aliphatic rings. The highest BCUT2D eigenvalue weighted by Gasteiger charge is 2.17. The number of imidazole rings is 1. The zero-order valence-electron chi connectivity index (χ0n) is 16.0. The molecule has 2 aromatic heterocycles. The SMILES string of the molecule is CCCc1nc2c(N)nc(C)c(C)c2n1CCOCCNS(=O)(=O)CC. The number of rotatable bonds is 10. The first kappa shape index (κ1) is 20.6. The zero-order chi connectivity index (χ0) is 19.3. The Morgan fingerprint density at radius 1 is 1.19 bits per heavy atom. The van der Waals surface area contributed by atoms with Gasteiger partial charge >= 0.3 is 0 Å². The van der Waals surface area contributed by atoms with E-state index >= 15 is 0 Å². The second kappa shape index (κ2) is 8.79. The minimum absolute atomic E-state index is 0.0719. The molecule has 0 spiro atoms. The number of anilines is 1. The first-order valence-corrected chi connectivity index (χ1v) is 10.6. The largest absolute Gasteiger partial charge is 0.382 e. The van der Waals surface area contributed by atoms with E-state index in [0.29, 0.717) is 25.6 Å². The lowest BCUT2D eigenvalue weighted by molar-refractivity contribution is 0.131. The van der Waals surface area contributed by atoms with Crippen molar-refractivity contribution in [2.24, 2.45) is 0 Å². The van der Waals surface area contributed by atoms with Crippen LogP contribution in [0.3, 0.4) is 0 Å². The quantitative estimate of drug-likeness (QED) is 0.602. The van der Waals surface area contributed by atoms with Crippen molar-refractivity contribution in [2.45, 2.75) is 47.1 Å². The molecule has 8 nitrogen and oxygen atoms in total. The highest BCUT2D eigenvalue weighted by molar-refractivity contribution is 7.89. The normalized spacial score (nSPS) is 12.2. The van der Waals surface area contributed by atoms with Gasteiger partial charge in [-0.05, 0) is 32.8 Å². The number of pyridine rings is 1. The van der Waals surface area contributed by atoms with Crippen LogP contribution in [0.5, 0.6) is 0 Å². The molecule has 2 aromatic rings. The Labute approximate surface area is 155 Å². The molecule has 0 aromatic carbocycles. The van der Waals surface area contributed by atoms with Crippen molar-refractivity contribution in [3.63, 3.8) is 0 Å². The van der Waals surface area contributed by atoms with Crippen molar-refractivity contribution >= 4 is 26.9 Å². The number of nitrogens with one attached hydrogen (secondary N) is 1. The number of aromatic nitrogens is 3. The third kappa shape index (κ3) is 4.72. The molecule has 0 aliphatic heterocycles. The van der Waals surface area contributed by atoms with E-state index in [2.05, 4.69) is 21.2 Å². The van der Waals surface area contributed by atoms with Crippen molar-refractivity contribution in [1.82, 2.24) is 19.3 Å². The van der Waals surface area contributed by atoms with Gasteiger partial charge in [0.1, 0.15) is 11.3 Å². The molecule has 26 heavy (non-hydrogen) atoms. The molecular weight excluding hydrogens is 354 g/mol. The summed E-state index contributed by atoms with van der Waals surface area (Å²) in [7, 11) is -3.17. The summed E-state index contributed by atoms with van der Waals surface area (Å²) in [4.78, 5) is 9.06. The fourth-order valence-electron chi connectivity index (χ4n) is 2.83. The molecule has 9 heteroatoms. The third-order valence-corrected chi connectivity index (χ3v) is 5.76. The van der Waals surface area contributed by atoms with Gasteiger partial charge in [0, 0.05) is 25.2 Å². The summed E-state index contributed by atoms with van der Waals surface area (Å²) in [6.45, 7) is 9.39. The molecule has 0 saturated heterocycles. The third-order valence-electron chi connectivity index (χ3n) is 4.36. The van der Waals surface area contributed by atoms with Gasteiger partial charge in [-0.25, -0.2) is 23.1 Å². The van der Waals surface area contributed by atoms with Crippen LogP contribution in [0.4, 0.5) is 5.82 Å². The van der Waals surface area contributed by atoms with Gasteiger partial charge in [0.15, 0.2) is 5.82 Å². The average Bonchev–Trinajstić information content (AvgIpc) is 2.95. The number of hydrogen-bond donors (Lipinski definition) is 2. The molecule has 2 heterocycles. The van der Waals surface area contributed by atoms with E-state index < -0.39 is 10.0 Å². The number of aryl methyl sites for hydroxylation is 3. The van der Waals surface area contributed by atoms with E-state index in [1.165, 1.54) is 0 Å². The van der Waals surface area contributed by atoms with E-state index in [4.69, 9.17) is 15.5 Å². The van der Waals surface area contributed by atoms with E-state index in [9.17, 15) is 8.42 Å². The summed E-state index contributed by atoms with van der Waals surface area (Å²) in [6.07, 6.45) is 1.83. The van der Waals surface area contributed by atoms with Crippen molar-refractivity contribution in [3.05, 3.63) is 17.1 Å². The van der Waals surface area contributed by atoms with Crippen molar-refractivity contribution in [3.8, 4) is 0 Å². The standard InChI is InChI=1S/C17H29N5O3S/c1-5-7-14-21-15-16(12(3)13(4)20-17(15)18)22(14)9-11-25-10-8-19-26(23,24)6-2/h19H,5-11H2,1-4H3,(H2,18,20). The van der Waals surface area contributed by atoms with Gasteiger partial charge in [0.25, 0.3) is 0 Å². The molecule has 0 fully saturated rings. The molecule has 146 valence electrons. The van der Waals surface area contributed by atoms with Gasteiger partial charge in [-0.1, -0.05) is 6.92 Å². The fraction of sp³-hybridized carbons (Fsp3) is 0.647. The average molecular weight is 384 g/mol. The van der Waals surface area contributed by atoms with Crippen molar-refractivity contribution in [1.29, 1.82) is 0 Å². The number of nitrogens with two attached hydrogens (primary N) is 1. The summed E-state index contributed by atoms with van der Waals surface area (Å²) in [6, 6.07) is 0. The lowest BCUT2D eigenvalue weighted by Crippen LogP contribution is -2.29. The van der Waals surface area contributed by atoms with E-state index in [-0.39, 0.29) is 12.3 Å². The van der Waals surface area contributed by atoms with Crippen LogP contribution < -0.4 is 10.5 Å². The molecule has 2 rings (SSSR count). The van der Waals surface area contributed by atoms with Gasteiger partial charge in [-0.15, -0.1) is 0 Å². The molecule has 0 radical (unpaired) electrons. The predicted molar refractivity (Wildman–Crippen MR) is 104 cm³/mol. The maximum atomic E-state index is 11.4. The molecule has 3 N–H and O–H groups in total. The summed E-state index contributed by atoms with van der Waals surface area (Å²) < 4.78 is 33.0. The molecule has 0 unspecified atom stereocenters. The van der Waals surface area contributed by atoms with Crippen LogP contribution in [0.1, 0.15) is 37.4 Å². The van der Waals surface area contributed by atoms with Crippen LogP contribution in [-0.4, -0.2) is 48.5 Å². The van der Waals surface area contributed by atoms with Crippen LogP contribution in [0.25, 0.3) is 11.0 Å². The number of sulfonamides is 1. The minimum atomic E-state index is -3.17. The van der Waals surface area contributed by atoms with E-state index in [1.807, 2.05) is 13.8 Å². The lowest BCUT2D eigenvalue weighted by Gasteiger charge is -2.12. The second-order valence-electron chi connectivity index (χ2n) is 6.24. The Kier molecular flexibility index (Phi) is 6.96. The number of fused-ring (bicyclic) bond motifs is 1. The summed E-state index contributed by atoms with van der Waals surface area (Å²) >= 11 is 0. The van der Waals surface area contributed by atoms with Gasteiger partial charge in [-0.2, -0.15) is 0 Å². The topological polar surface area (TPSA) is 112 Å². The number of ether oxygens (including phenoxy) is 1. The predicted octanol–water partition coefficient (Wildman–Crippen LogP) is 1.54. The van der Waals surface area contributed by atoms with Gasteiger partial charge < -0.3 is 15.0 Å². The first-order valence-electron chi connectivity index (χ1n) is 8.97. The summed E-state index contributed by atoms with van der Waals surface area (Å²) in [5, 5.41) is 0. The number of hydrogen-bond acceptors (Lipinski definition) is 6. The Morgan fingerprint density at radius 2 is 1.92 bits per heavy atom. The lowest BCUT2D eigenvalue weighted by atomic mass is 10.2. The van der Waals surface area contributed by atoms with E-state index in [1.54, 1.807) is 6.92 Å². The molecule has 0 atom stereocenters. The van der Waals surface area contributed by atoms with E-state index in [0.717, 1.165) is 41.0 Å². The fourth-order valence-corrected chi connectivity index (χ4v) is 3.43. The first-order chi connectivity index (χ1) is 12.3. The van der Waals surface area contributed by atoms with Crippen molar-refractivity contribution in [2.75, 3.05) is 31.2 Å². The highest BCUT2D eigenvalue weighted by atomic mass is 32.2. The number of nitrogen functional groups attached to an aromatic ring is 1. The molecule has 0 bridgehead atoms.